The third-order valence-electron chi connectivity index (χ3n) is 8.05. The lowest BCUT2D eigenvalue weighted by molar-refractivity contribution is -0.134. The molecule has 0 saturated heterocycles. The molecule has 1 aromatic heterocycles. The standard InChI is InChI=1S/C34H46N2O3S/c1-3-5-6-7-8-9-25-38-30-20-16-28(17-21-30)33-35-36-34(40-33)29-18-22-31(23-19-29)39-32(37)24-15-27-13-11-26(10-4-2)12-14-27/h16-23,26-27H,3-15,24-25H2,1-2H3. The van der Waals surface area contributed by atoms with Crippen LogP contribution in [0.4, 0.5) is 0 Å². The summed E-state index contributed by atoms with van der Waals surface area (Å²) in [6.07, 6.45) is 16.8. The monoisotopic (exact) mass is 562 g/mol. The molecule has 40 heavy (non-hydrogen) atoms. The molecule has 2 aromatic carbocycles. The highest BCUT2D eigenvalue weighted by atomic mass is 32.1. The van der Waals surface area contributed by atoms with Gasteiger partial charge in [0.15, 0.2) is 0 Å². The number of hydrogen-bond donors (Lipinski definition) is 0. The molecule has 0 radical (unpaired) electrons. The summed E-state index contributed by atoms with van der Waals surface area (Å²) >= 11 is 1.55. The van der Waals surface area contributed by atoms with Gasteiger partial charge in [-0.05, 0) is 73.2 Å². The zero-order chi connectivity index (χ0) is 28.0. The summed E-state index contributed by atoms with van der Waals surface area (Å²) in [5.41, 5.74) is 1.99. The van der Waals surface area contributed by atoms with Crippen molar-refractivity contribution in [2.45, 2.75) is 104 Å². The van der Waals surface area contributed by atoms with Gasteiger partial charge in [0.1, 0.15) is 21.5 Å². The molecule has 0 spiro atoms. The second-order valence-corrected chi connectivity index (χ2v) is 12.2. The number of hydrogen-bond acceptors (Lipinski definition) is 6. The van der Waals surface area contributed by atoms with E-state index in [9.17, 15) is 4.79 Å². The van der Waals surface area contributed by atoms with Crippen molar-refractivity contribution in [3.05, 3.63) is 48.5 Å². The first kappa shape index (κ1) is 30.2. The number of unbranched alkanes of at least 4 members (excludes halogenated alkanes) is 5. The van der Waals surface area contributed by atoms with Gasteiger partial charge in [0.2, 0.25) is 0 Å². The molecular weight excluding hydrogens is 516 g/mol. The molecule has 1 saturated carbocycles. The van der Waals surface area contributed by atoms with E-state index in [1.807, 2.05) is 48.5 Å². The van der Waals surface area contributed by atoms with Gasteiger partial charge in [-0.1, -0.05) is 95.8 Å². The van der Waals surface area contributed by atoms with Crippen molar-refractivity contribution in [1.82, 2.24) is 10.2 Å². The Hall–Kier alpha value is -2.73. The third-order valence-corrected chi connectivity index (χ3v) is 9.07. The van der Waals surface area contributed by atoms with Crippen LogP contribution in [0.15, 0.2) is 48.5 Å². The van der Waals surface area contributed by atoms with Crippen molar-refractivity contribution in [3.63, 3.8) is 0 Å². The molecule has 5 nitrogen and oxygen atoms in total. The Kier molecular flexibility index (Phi) is 12.5. The van der Waals surface area contributed by atoms with Crippen LogP contribution in [0.1, 0.15) is 104 Å². The highest BCUT2D eigenvalue weighted by Crippen LogP contribution is 2.34. The first-order valence-corrected chi connectivity index (χ1v) is 16.3. The molecule has 1 fully saturated rings. The lowest BCUT2D eigenvalue weighted by Gasteiger charge is -2.28. The van der Waals surface area contributed by atoms with Crippen molar-refractivity contribution in [2.24, 2.45) is 11.8 Å². The second-order valence-electron chi connectivity index (χ2n) is 11.3. The predicted molar refractivity (Wildman–Crippen MR) is 165 cm³/mol. The van der Waals surface area contributed by atoms with Crippen molar-refractivity contribution >= 4 is 17.3 Å². The van der Waals surface area contributed by atoms with E-state index in [1.165, 1.54) is 70.6 Å². The molecule has 4 rings (SSSR count). The molecule has 0 unspecified atom stereocenters. The number of aromatic nitrogens is 2. The van der Waals surface area contributed by atoms with Gasteiger partial charge >= 0.3 is 5.97 Å². The Morgan fingerprint density at radius 1 is 0.725 bits per heavy atom. The zero-order valence-electron chi connectivity index (χ0n) is 24.4. The van der Waals surface area contributed by atoms with E-state index in [0.29, 0.717) is 18.1 Å². The number of rotatable bonds is 16. The summed E-state index contributed by atoms with van der Waals surface area (Å²) in [4.78, 5) is 12.4. The Bertz CT molecular complexity index is 1130. The lowest BCUT2D eigenvalue weighted by Crippen LogP contribution is -2.16. The molecule has 0 aliphatic heterocycles. The van der Waals surface area contributed by atoms with E-state index >= 15 is 0 Å². The lowest BCUT2D eigenvalue weighted by atomic mass is 9.78. The quantitative estimate of drug-likeness (QED) is 0.0987. The van der Waals surface area contributed by atoms with Gasteiger partial charge in [-0.2, -0.15) is 0 Å². The molecule has 0 bridgehead atoms. The van der Waals surface area contributed by atoms with Crippen LogP contribution < -0.4 is 9.47 Å². The van der Waals surface area contributed by atoms with Gasteiger partial charge in [-0.25, -0.2) is 0 Å². The summed E-state index contributed by atoms with van der Waals surface area (Å²) in [5.74, 6) is 2.91. The topological polar surface area (TPSA) is 61.3 Å². The second kappa shape index (κ2) is 16.5. The molecule has 0 atom stereocenters. The van der Waals surface area contributed by atoms with Crippen LogP contribution >= 0.6 is 11.3 Å². The summed E-state index contributed by atoms with van der Waals surface area (Å²) < 4.78 is 11.5. The van der Waals surface area contributed by atoms with Crippen molar-refractivity contribution < 1.29 is 14.3 Å². The van der Waals surface area contributed by atoms with Crippen molar-refractivity contribution in [2.75, 3.05) is 6.61 Å². The number of carbonyl (C=O) groups excluding carboxylic acids is 1. The number of carbonyl (C=O) groups is 1. The maximum Gasteiger partial charge on any atom is 0.311 e. The normalized spacial score (nSPS) is 17.1. The first-order valence-electron chi connectivity index (χ1n) is 15.5. The maximum atomic E-state index is 12.4. The Labute approximate surface area is 244 Å². The third kappa shape index (κ3) is 9.72. The van der Waals surface area contributed by atoms with Gasteiger partial charge in [-0.15, -0.1) is 10.2 Å². The molecular formula is C34H46N2O3S. The average molecular weight is 563 g/mol. The van der Waals surface area contributed by atoms with Crippen LogP contribution in [-0.2, 0) is 4.79 Å². The minimum absolute atomic E-state index is 0.138. The van der Waals surface area contributed by atoms with Crippen LogP contribution in [0.25, 0.3) is 21.1 Å². The summed E-state index contributed by atoms with van der Waals surface area (Å²) in [6, 6.07) is 15.7. The molecule has 0 amide bonds. The number of esters is 1. The Morgan fingerprint density at radius 2 is 1.27 bits per heavy atom. The van der Waals surface area contributed by atoms with Gasteiger partial charge in [0.25, 0.3) is 0 Å². The predicted octanol–water partition coefficient (Wildman–Crippen LogP) is 9.90. The molecule has 3 aromatic rings. The van der Waals surface area contributed by atoms with E-state index in [0.717, 1.165) is 52.3 Å². The molecule has 1 aliphatic carbocycles. The number of ether oxygens (including phenoxy) is 2. The fourth-order valence-corrected chi connectivity index (χ4v) is 6.46. The smallest absolute Gasteiger partial charge is 0.311 e. The minimum Gasteiger partial charge on any atom is -0.494 e. The minimum atomic E-state index is -0.138. The van der Waals surface area contributed by atoms with Crippen molar-refractivity contribution in [3.8, 4) is 32.6 Å². The van der Waals surface area contributed by atoms with Crippen LogP contribution in [0.5, 0.6) is 11.5 Å². The first-order chi connectivity index (χ1) is 19.6. The van der Waals surface area contributed by atoms with Crippen LogP contribution in [0, 0.1) is 11.8 Å². The Morgan fingerprint density at radius 3 is 1.88 bits per heavy atom. The fraction of sp³-hybridized carbons (Fsp3) is 0.559. The Balaban J connectivity index is 1.19. The van der Waals surface area contributed by atoms with E-state index in [-0.39, 0.29) is 5.97 Å². The molecule has 1 aliphatic rings. The highest BCUT2D eigenvalue weighted by molar-refractivity contribution is 7.17. The zero-order valence-corrected chi connectivity index (χ0v) is 25.2. The van der Waals surface area contributed by atoms with E-state index in [2.05, 4.69) is 24.0 Å². The molecule has 1 heterocycles. The fourth-order valence-electron chi connectivity index (χ4n) is 5.61. The maximum absolute atomic E-state index is 12.4. The van der Waals surface area contributed by atoms with E-state index in [4.69, 9.17) is 9.47 Å². The SMILES string of the molecule is CCCCCCCCOc1ccc(-c2nnc(-c3ccc(OC(=O)CCC4CCC(CCC)CC4)cc3)s2)cc1. The molecule has 0 N–H and O–H groups in total. The molecule has 216 valence electrons. The number of nitrogens with zero attached hydrogens (tertiary/aromatic N) is 2. The van der Waals surface area contributed by atoms with Gasteiger partial charge in [0, 0.05) is 17.5 Å². The highest BCUT2D eigenvalue weighted by Gasteiger charge is 2.21. The van der Waals surface area contributed by atoms with E-state index in [1.54, 1.807) is 11.3 Å². The van der Waals surface area contributed by atoms with Crippen LogP contribution in [-0.4, -0.2) is 22.8 Å². The average Bonchev–Trinajstić information content (AvgIpc) is 3.48. The largest absolute Gasteiger partial charge is 0.494 e. The van der Waals surface area contributed by atoms with Crippen molar-refractivity contribution in [1.29, 1.82) is 0 Å². The summed E-state index contributed by atoms with van der Waals surface area (Å²) in [7, 11) is 0. The van der Waals surface area contributed by atoms with E-state index < -0.39 is 0 Å². The molecule has 6 heteroatoms. The van der Waals surface area contributed by atoms with Gasteiger partial charge in [-0.3, -0.25) is 4.79 Å². The number of benzene rings is 2. The summed E-state index contributed by atoms with van der Waals surface area (Å²) in [5, 5.41) is 10.5. The summed E-state index contributed by atoms with van der Waals surface area (Å²) in [6.45, 7) is 5.28. The van der Waals surface area contributed by atoms with Gasteiger partial charge in [0.05, 0.1) is 6.61 Å². The van der Waals surface area contributed by atoms with Gasteiger partial charge < -0.3 is 9.47 Å². The van der Waals surface area contributed by atoms with Crippen LogP contribution in [0.3, 0.4) is 0 Å². The van der Waals surface area contributed by atoms with Crippen LogP contribution in [0.2, 0.25) is 0 Å².